The fourth-order valence-corrected chi connectivity index (χ4v) is 1.69. The zero-order valence-electron chi connectivity index (χ0n) is 10.5. The van der Waals surface area contributed by atoms with Crippen LogP contribution in [0.5, 0.6) is 0 Å². The minimum Gasteiger partial charge on any atom is -0.395 e. The number of aliphatic hydroxyl groups is 3. The minimum absolute atomic E-state index is 0.261. The molecule has 0 spiro atoms. The van der Waals surface area contributed by atoms with E-state index in [0.29, 0.717) is 13.7 Å². The molecule has 0 saturated carbocycles. The van der Waals surface area contributed by atoms with E-state index in [1.54, 1.807) is 0 Å². The molecule has 0 bridgehead atoms. The summed E-state index contributed by atoms with van der Waals surface area (Å²) in [5, 5.41) is 26.9. The molecule has 9 nitrogen and oxygen atoms in total. The van der Waals surface area contributed by atoms with Crippen LogP contribution in [0.2, 0.25) is 0 Å². The van der Waals surface area contributed by atoms with Crippen LogP contribution in [-0.2, 0) is 19.6 Å². The lowest BCUT2D eigenvalue weighted by atomic mass is 10.4. The Labute approximate surface area is 107 Å². The fourth-order valence-electron chi connectivity index (χ4n) is 1.69. The number of rotatable bonds is 6. The highest BCUT2D eigenvalue weighted by atomic mass is 16.3. The van der Waals surface area contributed by atoms with Crippen LogP contribution >= 0.6 is 0 Å². The quantitative estimate of drug-likeness (QED) is 0.495. The molecule has 0 aromatic carbocycles. The molecular formula is C10H17N3O6. The van der Waals surface area contributed by atoms with E-state index in [1.165, 1.54) is 6.92 Å². The first kappa shape index (κ1) is 15.3. The van der Waals surface area contributed by atoms with Gasteiger partial charge in [0, 0.05) is 0 Å². The highest BCUT2D eigenvalue weighted by molar-refractivity contribution is 4.79. The Balaban J connectivity index is 3.59. The normalized spacial score (nSPS) is 12.6. The molecule has 3 N–H and O–H groups in total. The molecule has 1 unspecified atom stereocenters. The lowest BCUT2D eigenvalue weighted by molar-refractivity contribution is 0.164. The molecule has 0 fully saturated rings. The second kappa shape index (κ2) is 6.45. The average Bonchev–Trinajstić information content (AvgIpc) is 2.35. The van der Waals surface area contributed by atoms with Crippen LogP contribution in [0.3, 0.4) is 0 Å². The predicted molar refractivity (Wildman–Crippen MR) is 65.1 cm³/mol. The number of nitrogens with zero attached hydrogens (tertiary/aromatic N) is 3. The molecule has 19 heavy (non-hydrogen) atoms. The summed E-state index contributed by atoms with van der Waals surface area (Å²) in [7, 11) is 0. The van der Waals surface area contributed by atoms with E-state index in [1.807, 2.05) is 0 Å². The molecule has 1 aromatic rings. The van der Waals surface area contributed by atoms with E-state index in [4.69, 9.17) is 10.2 Å². The third-order valence-electron chi connectivity index (χ3n) is 2.48. The summed E-state index contributed by atoms with van der Waals surface area (Å²) in [5.74, 6) is 0. The van der Waals surface area contributed by atoms with Gasteiger partial charge in [0.05, 0.1) is 39.0 Å². The van der Waals surface area contributed by atoms with E-state index in [0.717, 1.165) is 0 Å². The van der Waals surface area contributed by atoms with Crippen LogP contribution < -0.4 is 17.1 Å². The van der Waals surface area contributed by atoms with Crippen LogP contribution in [0.4, 0.5) is 0 Å². The molecule has 0 aliphatic heterocycles. The first-order valence-corrected chi connectivity index (χ1v) is 5.78. The van der Waals surface area contributed by atoms with Crippen LogP contribution in [0, 0.1) is 0 Å². The van der Waals surface area contributed by atoms with Crippen LogP contribution in [-0.4, -0.2) is 48.3 Å². The van der Waals surface area contributed by atoms with Crippen molar-refractivity contribution >= 4 is 0 Å². The maximum atomic E-state index is 11.9. The third-order valence-corrected chi connectivity index (χ3v) is 2.48. The molecule has 9 heteroatoms. The molecule has 0 aliphatic carbocycles. The monoisotopic (exact) mass is 275 g/mol. The summed E-state index contributed by atoms with van der Waals surface area (Å²) in [4.78, 5) is 35.7. The van der Waals surface area contributed by atoms with Crippen molar-refractivity contribution in [2.45, 2.75) is 32.7 Å². The predicted octanol–water partition coefficient (Wildman–Crippen LogP) is -3.46. The highest BCUT2D eigenvalue weighted by Gasteiger charge is 2.15. The van der Waals surface area contributed by atoms with E-state index in [9.17, 15) is 19.5 Å². The minimum atomic E-state index is -0.951. The molecule has 1 aromatic heterocycles. The molecule has 0 saturated heterocycles. The van der Waals surface area contributed by atoms with Crippen LogP contribution in [0.15, 0.2) is 14.4 Å². The Kier molecular flexibility index (Phi) is 5.21. The molecule has 108 valence electrons. The number of aliphatic hydroxyl groups excluding tert-OH is 3. The van der Waals surface area contributed by atoms with Crippen molar-refractivity contribution in [1.29, 1.82) is 0 Å². The molecule has 0 radical (unpaired) electrons. The largest absolute Gasteiger partial charge is 0.395 e. The first-order chi connectivity index (χ1) is 8.93. The van der Waals surface area contributed by atoms with Gasteiger partial charge in [-0.15, -0.1) is 0 Å². The standard InChI is InChI=1S/C10H17N3O6/c1-7(16)6-13-9(18)11(2-4-14)8(17)12(3-5-15)10(13)19/h7,14-16H,2-6H2,1H3. The van der Waals surface area contributed by atoms with Gasteiger partial charge in [-0.3, -0.25) is 0 Å². The van der Waals surface area contributed by atoms with Crippen molar-refractivity contribution in [2.24, 2.45) is 0 Å². The molecule has 1 rings (SSSR count). The Hall–Kier alpha value is -1.71. The van der Waals surface area contributed by atoms with Gasteiger partial charge in [0.25, 0.3) is 0 Å². The van der Waals surface area contributed by atoms with Gasteiger partial charge in [-0.25, -0.2) is 28.1 Å². The van der Waals surface area contributed by atoms with Gasteiger partial charge in [0.1, 0.15) is 0 Å². The van der Waals surface area contributed by atoms with Crippen molar-refractivity contribution in [1.82, 2.24) is 13.7 Å². The van der Waals surface area contributed by atoms with E-state index >= 15 is 0 Å². The van der Waals surface area contributed by atoms with Gasteiger partial charge in [-0.2, -0.15) is 0 Å². The Morgan fingerprint density at radius 3 is 1.58 bits per heavy atom. The van der Waals surface area contributed by atoms with Gasteiger partial charge in [0.2, 0.25) is 0 Å². The summed E-state index contributed by atoms with van der Waals surface area (Å²) >= 11 is 0. The highest BCUT2D eigenvalue weighted by Crippen LogP contribution is 1.83. The van der Waals surface area contributed by atoms with Crippen molar-refractivity contribution in [3.05, 3.63) is 31.5 Å². The molecule has 0 amide bonds. The van der Waals surface area contributed by atoms with Gasteiger partial charge in [-0.05, 0) is 6.92 Å². The summed E-state index contributed by atoms with van der Waals surface area (Å²) in [6.07, 6.45) is -0.951. The lowest BCUT2D eigenvalue weighted by Crippen LogP contribution is -2.55. The number of aromatic nitrogens is 3. The van der Waals surface area contributed by atoms with Gasteiger partial charge >= 0.3 is 17.1 Å². The van der Waals surface area contributed by atoms with Gasteiger partial charge in [0.15, 0.2) is 0 Å². The van der Waals surface area contributed by atoms with Crippen molar-refractivity contribution in [2.75, 3.05) is 13.2 Å². The zero-order valence-corrected chi connectivity index (χ0v) is 10.5. The number of hydrogen-bond acceptors (Lipinski definition) is 6. The molecule has 1 heterocycles. The Morgan fingerprint density at radius 1 is 0.895 bits per heavy atom. The summed E-state index contributed by atoms with van der Waals surface area (Å²) in [5.41, 5.74) is -2.67. The maximum Gasteiger partial charge on any atom is 0.336 e. The zero-order chi connectivity index (χ0) is 14.6. The lowest BCUT2D eigenvalue weighted by Gasteiger charge is -2.13. The summed E-state index contributed by atoms with van der Waals surface area (Å²) in [6.45, 7) is -0.284. The van der Waals surface area contributed by atoms with E-state index in [2.05, 4.69) is 0 Å². The smallest absolute Gasteiger partial charge is 0.336 e. The van der Waals surface area contributed by atoms with Crippen molar-refractivity contribution in [3.8, 4) is 0 Å². The van der Waals surface area contributed by atoms with Crippen LogP contribution in [0.25, 0.3) is 0 Å². The van der Waals surface area contributed by atoms with Gasteiger partial charge < -0.3 is 15.3 Å². The number of hydrogen-bond donors (Lipinski definition) is 3. The summed E-state index contributed by atoms with van der Waals surface area (Å²) in [6, 6.07) is 0. The molecular weight excluding hydrogens is 258 g/mol. The maximum absolute atomic E-state index is 11.9. The Bertz CT molecular complexity index is 553. The summed E-state index contributed by atoms with van der Waals surface area (Å²) < 4.78 is 2.09. The second-order valence-corrected chi connectivity index (χ2v) is 4.06. The second-order valence-electron chi connectivity index (χ2n) is 4.06. The fraction of sp³-hybridized carbons (Fsp3) is 0.700. The Morgan fingerprint density at radius 2 is 1.26 bits per heavy atom. The van der Waals surface area contributed by atoms with Crippen molar-refractivity contribution < 1.29 is 15.3 Å². The average molecular weight is 275 g/mol. The van der Waals surface area contributed by atoms with E-state index in [-0.39, 0.29) is 19.6 Å². The van der Waals surface area contributed by atoms with E-state index < -0.39 is 36.4 Å². The third kappa shape index (κ3) is 3.19. The first-order valence-electron chi connectivity index (χ1n) is 5.78. The van der Waals surface area contributed by atoms with Gasteiger partial charge in [-0.1, -0.05) is 0 Å². The topological polar surface area (TPSA) is 127 Å². The van der Waals surface area contributed by atoms with Crippen molar-refractivity contribution in [3.63, 3.8) is 0 Å². The SMILES string of the molecule is CC(O)Cn1c(=O)n(CCO)c(=O)n(CCO)c1=O. The van der Waals surface area contributed by atoms with Crippen LogP contribution in [0.1, 0.15) is 6.92 Å². The molecule has 1 atom stereocenters. The molecule has 0 aliphatic rings.